The first-order valence-electron chi connectivity index (χ1n) is 5.17. The lowest BCUT2D eigenvalue weighted by atomic mass is 10.3. The fourth-order valence-corrected chi connectivity index (χ4v) is 2.07. The van der Waals surface area contributed by atoms with Gasteiger partial charge in [0.2, 0.25) is 0 Å². The van der Waals surface area contributed by atoms with Crippen LogP contribution in [0, 0.1) is 0 Å². The number of aliphatic hydroxyl groups is 1. The Kier molecular flexibility index (Phi) is 4.18. The Morgan fingerprint density at radius 2 is 2.35 bits per heavy atom. The summed E-state index contributed by atoms with van der Waals surface area (Å²) >= 11 is 6.48. The van der Waals surface area contributed by atoms with Crippen molar-refractivity contribution in [1.29, 1.82) is 0 Å². The first kappa shape index (κ1) is 12.2. The first-order valence-corrected chi connectivity index (χ1v) is 6.35. The van der Waals surface area contributed by atoms with Gasteiger partial charge in [0.15, 0.2) is 5.11 Å². The molecule has 0 fully saturated rings. The fourth-order valence-electron chi connectivity index (χ4n) is 1.32. The molecule has 2 aromatic rings. The fraction of sp³-hybridized carbons (Fsp3) is 0.300. The van der Waals surface area contributed by atoms with E-state index < -0.39 is 0 Å². The van der Waals surface area contributed by atoms with Crippen LogP contribution in [0.3, 0.4) is 0 Å². The molecule has 0 bridgehead atoms. The Bertz CT molecular complexity index is 514. The van der Waals surface area contributed by atoms with Gasteiger partial charge in [-0.05, 0) is 48.4 Å². The maximum absolute atomic E-state index is 8.65. The summed E-state index contributed by atoms with van der Waals surface area (Å²) in [5.74, 6) is 0. The van der Waals surface area contributed by atoms with Crippen LogP contribution >= 0.6 is 23.8 Å². The summed E-state index contributed by atoms with van der Waals surface area (Å²) in [6.07, 6.45) is 0.677. The predicted molar refractivity (Wildman–Crippen MR) is 73.3 cm³/mol. The van der Waals surface area contributed by atoms with Gasteiger partial charge in [0.05, 0.1) is 4.70 Å². The molecule has 0 amide bonds. The van der Waals surface area contributed by atoms with Gasteiger partial charge in [0.1, 0.15) is 5.52 Å². The van der Waals surface area contributed by atoms with E-state index in [1.807, 2.05) is 18.2 Å². The number of fused-ring (bicyclic) bond motifs is 1. The minimum atomic E-state index is 0.159. The van der Waals surface area contributed by atoms with Gasteiger partial charge in [0.25, 0.3) is 0 Å². The van der Waals surface area contributed by atoms with Crippen LogP contribution in [0.5, 0.6) is 0 Å². The maximum atomic E-state index is 8.65. The number of aromatic nitrogens is 2. The zero-order chi connectivity index (χ0) is 12.1. The Hall–Kier alpha value is -1.31. The zero-order valence-electron chi connectivity index (χ0n) is 9.01. The van der Waals surface area contributed by atoms with Crippen LogP contribution < -0.4 is 10.6 Å². The van der Waals surface area contributed by atoms with Crippen LogP contribution in [0.25, 0.3) is 10.2 Å². The molecule has 0 aliphatic heterocycles. The van der Waals surface area contributed by atoms with E-state index in [0.29, 0.717) is 18.1 Å². The topological polar surface area (TPSA) is 70.1 Å². The second-order valence-corrected chi connectivity index (χ2v) is 4.61. The number of hydrogen-bond acceptors (Lipinski definition) is 5. The van der Waals surface area contributed by atoms with Crippen molar-refractivity contribution in [2.75, 3.05) is 18.5 Å². The molecule has 0 atom stereocenters. The van der Waals surface area contributed by atoms with E-state index >= 15 is 0 Å². The Balaban J connectivity index is 1.95. The number of nitrogens with zero attached hydrogens (tertiary/aromatic N) is 2. The van der Waals surface area contributed by atoms with Crippen molar-refractivity contribution in [1.82, 2.24) is 14.9 Å². The smallest absolute Gasteiger partial charge is 0.170 e. The molecule has 0 saturated carbocycles. The van der Waals surface area contributed by atoms with Crippen molar-refractivity contribution in [3.8, 4) is 0 Å². The number of rotatable bonds is 4. The monoisotopic (exact) mass is 268 g/mol. The molecule has 5 nitrogen and oxygen atoms in total. The lowest BCUT2D eigenvalue weighted by Crippen LogP contribution is -2.29. The highest BCUT2D eigenvalue weighted by Gasteiger charge is 2.01. The van der Waals surface area contributed by atoms with Crippen molar-refractivity contribution in [3.05, 3.63) is 18.2 Å². The summed E-state index contributed by atoms with van der Waals surface area (Å²) in [4.78, 5) is 0. The van der Waals surface area contributed by atoms with Gasteiger partial charge in [-0.1, -0.05) is 4.49 Å². The van der Waals surface area contributed by atoms with Crippen LogP contribution in [0.15, 0.2) is 18.2 Å². The molecule has 0 aliphatic rings. The van der Waals surface area contributed by atoms with Crippen molar-refractivity contribution in [3.63, 3.8) is 0 Å². The first-order chi connectivity index (χ1) is 8.29. The van der Waals surface area contributed by atoms with E-state index in [0.717, 1.165) is 15.9 Å². The molecule has 90 valence electrons. The lowest BCUT2D eigenvalue weighted by Gasteiger charge is -2.09. The van der Waals surface area contributed by atoms with Crippen LogP contribution in [0.4, 0.5) is 5.69 Å². The molecule has 7 heteroatoms. The lowest BCUT2D eigenvalue weighted by molar-refractivity contribution is 0.289. The third kappa shape index (κ3) is 3.32. The molecule has 0 spiro atoms. The molecule has 1 aromatic heterocycles. The van der Waals surface area contributed by atoms with Gasteiger partial charge < -0.3 is 15.7 Å². The molecule has 3 N–H and O–H groups in total. The number of thiocarbonyl (C=S) groups is 1. The van der Waals surface area contributed by atoms with E-state index in [-0.39, 0.29) is 6.61 Å². The summed E-state index contributed by atoms with van der Waals surface area (Å²) < 4.78 is 4.92. The van der Waals surface area contributed by atoms with E-state index in [1.54, 1.807) is 0 Å². The molecule has 2 rings (SSSR count). The van der Waals surface area contributed by atoms with Gasteiger partial charge in [-0.25, -0.2) is 0 Å². The highest BCUT2D eigenvalue weighted by atomic mass is 32.1. The summed E-state index contributed by atoms with van der Waals surface area (Å²) in [5, 5.41) is 19.2. The van der Waals surface area contributed by atoms with E-state index in [1.165, 1.54) is 11.5 Å². The largest absolute Gasteiger partial charge is 0.396 e. The average Bonchev–Trinajstić information content (AvgIpc) is 2.76. The minimum absolute atomic E-state index is 0.159. The molecule has 0 aliphatic carbocycles. The van der Waals surface area contributed by atoms with Crippen molar-refractivity contribution >= 4 is 44.8 Å². The summed E-state index contributed by atoms with van der Waals surface area (Å²) in [7, 11) is 0. The Morgan fingerprint density at radius 3 is 3.18 bits per heavy atom. The minimum Gasteiger partial charge on any atom is -0.396 e. The van der Waals surface area contributed by atoms with Gasteiger partial charge in [-0.15, -0.1) is 5.10 Å². The van der Waals surface area contributed by atoms with E-state index in [4.69, 9.17) is 17.3 Å². The molecule has 0 unspecified atom stereocenters. The zero-order valence-corrected chi connectivity index (χ0v) is 10.6. The number of hydrogen-bond donors (Lipinski definition) is 3. The molecular weight excluding hydrogens is 256 g/mol. The molecule has 1 aromatic carbocycles. The highest BCUT2D eigenvalue weighted by Crippen LogP contribution is 2.19. The number of aliphatic hydroxyl groups excluding tert-OH is 1. The van der Waals surface area contributed by atoms with E-state index in [9.17, 15) is 0 Å². The normalized spacial score (nSPS) is 10.4. The van der Waals surface area contributed by atoms with Gasteiger partial charge in [0, 0.05) is 18.8 Å². The third-order valence-corrected chi connectivity index (χ3v) is 3.08. The van der Waals surface area contributed by atoms with Gasteiger partial charge in [-0.2, -0.15) is 0 Å². The number of anilines is 1. The van der Waals surface area contributed by atoms with Crippen molar-refractivity contribution in [2.45, 2.75) is 6.42 Å². The quantitative estimate of drug-likeness (QED) is 0.574. The van der Waals surface area contributed by atoms with Crippen LogP contribution in [0.1, 0.15) is 6.42 Å². The van der Waals surface area contributed by atoms with Crippen LogP contribution in [-0.2, 0) is 0 Å². The summed E-state index contributed by atoms with van der Waals surface area (Å²) in [5.41, 5.74) is 1.74. The van der Waals surface area contributed by atoms with Crippen molar-refractivity contribution in [2.24, 2.45) is 0 Å². The second-order valence-electron chi connectivity index (χ2n) is 3.41. The van der Waals surface area contributed by atoms with Gasteiger partial charge in [-0.3, -0.25) is 0 Å². The number of benzene rings is 1. The van der Waals surface area contributed by atoms with Gasteiger partial charge >= 0.3 is 0 Å². The standard InChI is InChI=1S/C10H12N4OS2/c15-5-1-4-11-10(16)12-7-2-3-9-8(6-7)13-14-17-9/h2-3,6,15H,1,4-5H2,(H2,11,12,16). The molecular formula is C10H12N4OS2. The van der Waals surface area contributed by atoms with Crippen molar-refractivity contribution < 1.29 is 5.11 Å². The predicted octanol–water partition coefficient (Wildman–Crippen LogP) is 1.36. The number of nitrogens with one attached hydrogen (secondary N) is 2. The second kappa shape index (κ2) is 5.85. The molecule has 0 saturated heterocycles. The third-order valence-electron chi connectivity index (χ3n) is 2.12. The van der Waals surface area contributed by atoms with Crippen LogP contribution in [-0.4, -0.2) is 33.0 Å². The SMILES string of the molecule is OCCCNC(=S)Nc1ccc2snnc2c1. The average molecular weight is 268 g/mol. The van der Waals surface area contributed by atoms with Crippen LogP contribution in [0.2, 0.25) is 0 Å². The van der Waals surface area contributed by atoms with E-state index in [2.05, 4.69) is 20.2 Å². The molecule has 0 radical (unpaired) electrons. The molecule has 1 heterocycles. The molecule has 17 heavy (non-hydrogen) atoms. The Labute approximate surface area is 108 Å². The highest BCUT2D eigenvalue weighted by molar-refractivity contribution is 7.80. The maximum Gasteiger partial charge on any atom is 0.170 e. The Morgan fingerprint density at radius 1 is 1.47 bits per heavy atom. The summed E-state index contributed by atoms with van der Waals surface area (Å²) in [6.45, 7) is 0.814. The summed E-state index contributed by atoms with van der Waals surface area (Å²) in [6, 6.07) is 5.79.